The van der Waals surface area contributed by atoms with E-state index < -0.39 is 5.60 Å². The fraction of sp³-hybridized carbons (Fsp3) is 0.611. The molecule has 1 N–H and O–H groups in total. The van der Waals surface area contributed by atoms with Crippen LogP contribution in [0, 0.1) is 12.8 Å². The van der Waals surface area contributed by atoms with Gasteiger partial charge in [-0.15, -0.1) is 0 Å². The highest BCUT2D eigenvalue weighted by atomic mass is 16.6. The minimum atomic E-state index is -0.487. The number of aryl methyl sites for hydroxylation is 1. The molecule has 0 radical (unpaired) electrons. The molecule has 1 aliphatic rings. The van der Waals surface area contributed by atoms with E-state index in [0.29, 0.717) is 19.0 Å². The molecule has 1 saturated heterocycles. The summed E-state index contributed by atoms with van der Waals surface area (Å²) >= 11 is 0. The predicted octanol–water partition coefficient (Wildman–Crippen LogP) is 3.33. The monoisotopic (exact) mass is 305 g/mol. The van der Waals surface area contributed by atoms with E-state index >= 15 is 0 Å². The molecule has 1 aromatic carbocycles. The zero-order valence-electron chi connectivity index (χ0n) is 14.0. The summed E-state index contributed by atoms with van der Waals surface area (Å²) in [7, 11) is 0. The number of likely N-dealkylation sites (tertiary alicyclic amines) is 1. The maximum atomic E-state index is 12.2. The molecule has 1 heterocycles. The van der Waals surface area contributed by atoms with Crippen molar-refractivity contribution < 1.29 is 14.6 Å². The molecule has 22 heavy (non-hydrogen) atoms. The van der Waals surface area contributed by atoms with Gasteiger partial charge in [-0.2, -0.15) is 0 Å². The second kappa shape index (κ2) is 6.69. The summed E-state index contributed by atoms with van der Waals surface area (Å²) in [6, 6.07) is 8.46. The van der Waals surface area contributed by atoms with Gasteiger partial charge in [0.2, 0.25) is 0 Å². The van der Waals surface area contributed by atoms with E-state index in [1.54, 1.807) is 4.90 Å². The van der Waals surface area contributed by atoms with Gasteiger partial charge in [-0.1, -0.05) is 29.8 Å². The van der Waals surface area contributed by atoms with Crippen LogP contribution in [0.2, 0.25) is 0 Å². The molecule has 4 nitrogen and oxygen atoms in total. The van der Waals surface area contributed by atoms with Crippen LogP contribution in [0.1, 0.15) is 44.2 Å². The Morgan fingerprint density at radius 1 is 1.32 bits per heavy atom. The van der Waals surface area contributed by atoms with Gasteiger partial charge >= 0.3 is 6.09 Å². The molecule has 0 bridgehead atoms. The van der Waals surface area contributed by atoms with Crippen molar-refractivity contribution in [2.45, 2.75) is 45.6 Å². The Labute approximate surface area is 133 Å². The summed E-state index contributed by atoms with van der Waals surface area (Å²) in [5.74, 6) is 0.355. The lowest BCUT2D eigenvalue weighted by Crippen LogP contribution is -2.46. The number of amides is 1. The molecular weight excluding hydrogens is 278 g/mol. The molecule has 1 fully saturated rings. The van der Waals surface area contributed by atoms with E-state index in [1.807, 2.05) is 20.8 Å². The zero-order chi connectivity index (χ0) is 16.3. The lowest BCUT2D eigenvalue weighted by Gasteiger charge is -2.38. The average Bonchev–Trinajstić information content (AvgIpc) is 2.45. The Morgan fingerprint density at radius 3 is 2.50 bits per heavy atom. The molecule has 4 heteroatoms. The first-order chi connectivity index (χ1) is 10.3. The summed E-state index contributed by atoms with van der Waals surface area (Å²) in [6.45, 7) is 8.97. The second-order valence-electron chi connectivity index (χ2n) is 7.17. The molecule has 1 aliphatic heterocycles. The van der Waals surface area contributed by atoms with Crippen LogP contribution in [-0.2, 0) is 4.74 Å². The first-order valence-corrected chi connectivity index (χ1v) is 7.95. The average molecular weight is 305 g/mol. The van der Waals surface area contributed by atoms with Gasteiger partial charge in [0.25, 0.3) is 0 Å². The Hall–Kier alpha value is -1.55. The molecule has 1 aromatic rings. The van der Waals surface area contributed by atoms with Crippen molar-refractivity contribution in [2.24, 2.45) is 5.92 Å². The van der Waals surface area contributed by atoms with Crippen LogP contribution in [0.25, 0.3) is 0 Å². The topological polar surface area (TPSA) is 49.8 Å². The second-order valence-corrected chi connectivity index (χ2v) is 7.17. The van der Waals surface area contributed by atoms with Crippen LogP contribution in [0.15, 0.2) is 24.3 Å². The third kappa shape index (κ3) is 4.23. The number of hydrogen-bond donors (Lipinski definition) is 1. The highest BCUT2D eigenvalue weighted by Crippen LogP contribution is 2.33. The molecule has 0 aromatic heterocycles. The Kier molecular flexibility index (Phi) is 5.12. The summed E-state index contributed by atoms with van der Waals surface area (Å²) < 4.78 is 5.43. The molecule has 2 atom stereocenters. The fourth-order valence-electron chi connectivity index (χ4n) is 2.96. The smallest absolute Gasteiger partial charge is 0.410 e. The van der Waals surface area contributed by atoms with Crippen molar-refractivity contribution in [3.63, 3.8) is 0 Å². The molecule has 2 rings (SSSR count). The van der Waals surface area contributed by atoms with Crippen molar-refractivity contribution in [3.05, 3.63) is 35.4 Å². The molecular formula is C18H27NO3. The number of ether oxygens (including phenoxy) is 1. The SMILES string of the molecule is Cc1ccc([C@@H]2CCN(C(=O)OC(C)(C)C)C[C@H]2CO)cc1. The van der Waals surface area contributed by atoms with Gasteiger partial charge < -0.3 is 14.7 Å². The van der Waals surface area contributed by atoms with Crippen LogP contribution < -0.4 is 0 Å². The van der Waals surface area contributed by atoms with E-state index in [4.69, 9.17) is 4.74 Å². The number of carbonyl (C=O) groups excluding carboxylic acids is 1. The summed E-state index contributed by atoms with van der Waals surface area (Å²) in [6.07, 6.45) is 0.571. The maximum Gasteiger partial charge on any atom is 0.410 e. The quantitative estimate of drug-likeness (QED) is 0.912. The molecule has 0 spiro atoms. The van der Waals surface area contributed by atoms with Gasteiger partial charge in [-0.25, -0.2) is 4.79 Å². The highest BCUT2D eigenvalue weighted by Gasteiger charge is 2.33. The van der Waals surface area contributed by atoms with Crippen LogP contribution in [0.3, 0.4) is 0 Å². The van der Waals surface area contributed by atoms with Gasteiger partial charge in [0, 0.05) is 25.6 Å². The maximum absolute atomic E-state index is 12.2. The van der Waals surface area contributed by atoms with Crippen LogP contribution >= 0.6 is 0 Å². The molecule has 0 saturated carbocycles. The van der Waals surface area contributed by atoms with Gasteiger partial charge in [0.05, 0.1) is 0 Å². The standard InChI is InChI=1S/C18H27NO3/c1-13-5-7-14(8-6-13)16-9-10-19(11-15(16)12-20)17(21)22-18(2,3)4/h5-8,15-16,20H,9-12H2,1-4H3/t15-,16-/m0/s1. The number of aliphatic hydroxyl groups excluding tert-OH is 1. The largest absolute Gasteiger partial charge is 0.444 e. The first kappa shape index (κ1) is 16.8. The minimum Gasteiger partial charge on any atom is -0.444 e. The number of piperidine rings is 1. The summed E-state index contributed by atoms with van der Waals surface area (Å²) in [5, 5.41) is 9.73. The number of aliphatic hydroxyl groups is 1. The van der Waals surface area contributed by atoms with Gasteiger partial charge in [-0.3, -0.25) is 0 Å². The third-order valence-corrected chi connectivity index (χ3v) is 4.13. The third-order valence-electron chi connectivity index (χ3n) is 4.13. The molecule has 1 amide bonds. The minimum absolute atomic E-state index is 0.0592. The van der Waals surface area contributed by atoms with E-state index in [2.05, 4.69) is 31.2 Å². The van der Waals surface area contributed by atoms with Crippen molar-refractivity contribution in [1.82, 2.24) is 4.90 Å². The zero-order valence-corrected chi connectivity index (χ0v) is 14.0. The highest BCUT2D eigenvalue weighted by molar-refractivity contribution is 5.68. The predicted molar refractivity (Wildman–Crippen MR) is 86.9 cm³/mol. The molecule has 0 aliphatic carbocycles. The Morgan fingerprint density at radius 2 is 1.95 bits per heavy atom. The lowest BCUT2D eigenvalue weighted by atomic mass is 9.81. The normalized spacial score (nSPS) is 22.5. The van der Waals surface area contributed by atoms with Crippen molar-refractivity contribution in [1.29, 1.82) is 0 Å². The van der Waals surface area contributed by atoms with Crippen molar-refractivity contribution in [2.75, 3.05) is 19.7 Å². The van der Waals surface area contributed by atoms with E-state index in [9.17, 15) is 9.90 Å². The van der Waals surface area contributed by atoms with Crippen molar-refractivity contribution >= 4 is 6.09 Å². The number of carbonyl (C=O) groups is 1. The molecule has 0 unspecified atom stereocenters. The summed E-state index contributed by atoms with van der Waals surface area (Å²) in [4.78, 5) is 13.9. The van der Waals surface area contributed by atoms with Crippen molar-refractivity contribution in [3.8, 4) is 0 Å². The number of benzene rings is 1. The van der Waals surface area contributed by atoms with E-state index in [1.165, 1.54) is 11.1 Å². The first-order valence-electron chi connectivity index (χ1n) is 7.95. The lowest BCUT2D eigenvalue weighted by molar-refractivity contribution is 0.0102. The van der Waals surface area contributed by atoms with E-state index in [-0.39, 0.29) is 18.6 Å². The Balaban J connectivity index is 2.05. The van der Waals surface area contributed by atoms with Gasteiger partial charge in [0.15, 0.2) is 0 Å². The van der Waals surface area contributed by atoms with Crippen LogP contribution in [-0.4, -0.2) is 41.4 Å². The summed E-state index contributed by atoms with van der Waals surface area (Å²) in [5.41, 5.74) is 1.99. The fourth-order valence-corrected chi connectivity index (χ4v) is 2.96. The number of nitrogens with zero attached hydrogens (tertiary/aromatic N) is 1. The number of hydrogen-bond acceptors (Lipinski definition) is 3. The van der Waals surface area contributed by atoms with Crippen LogP contribution in [0.4, 0.5) is 4.79 Å². The van der Waals surface area contributed by atoms with Crippen LogP contribution in [0.5, 0.6) is 0 Å². The Bertz CT molecular complexity index is 504. The van der Waals surface area contributed by atoms with Gasteiger partial charge in [0.1, 0.15) is 5.60 Å². The van der Waals surface area contributed by atoms with E-state index in [0.717, 1.165) is 6.42 Å². The van der Waals surface area contributed by atoms with Gasteiger partial charge in [-0.05, 0) is 45.6 Å². The molecule has 122 valence electrons. The number of rotatable bonds is 2.